The number of halogens is 1. The SMILES string of the molecule is C[C@H](N)c1cnn(-c2ccc(F)cc2)c1. The van der Waals surface area contributed by atoms with Crippen molar-refractivity contribution in [2.24, 2.45) is 5.73 Å². The highest BCUT2D eigenvalue weighted by Crippen LogP contribution is 2.12. The number of hydrogen-bond donors (Lipinski definition) is 1. The van der Waals surface area contributed by atoms with E-state index in [1.54, 1.807) is 23.0 Å². The highest BCUT2D eigenvalue weighted by atomic mass is 19.1. The van der Waals surface area contributed by atoms with Gasteiger partial charge in [0, 0.05) is 17.8 Å². The van der Waals surface area contributed by atoms with Crippen molar-refractivity contribution in [2.75, 3.05) is 0 Å². The molecule has 0 unspecified atom stereocenters. The summed E-state index contributed by atoms with van der Waals surface area (Å²) in [6.45, 7) is 1.89. The lowest BCUT2D eigenvalue weighted by Gasteiger charge is -2.01. The van der Waals surface area contributed by atoms with Crippen molar-refractivity contribution in [1.29, 1.82) is 0 Å². The molecule has 0 fully saturated rings. The van der Waals surface area contributed by atoms with Crippen LogP contribution in [0.2, 0.25) is 0 Å². The number of benzene rings is 1. The van der Waals surface area contributed by atoms with Crippen molar-refractivity contribution in [1.82, 2.24) is 9.78 Å². The second-order valence-electron chi connectivity index (χ2n) is 3.48. The average Bonchev–Trinajstić information content (AvgIpc) is 2.68. The molecule has 1 heterocycles. The zero-order chi connectivity index (χ0) is 10.8. The Balaban J connectivity index is 2.33. The Morgan fingerprint density at radius 3 is 2.53 bits per heavy atom. The molecular weight excluding hydrogens is 193 g/mol. The van der Waals surface area contributed by atoms with Crippen LogP contribution in [0.5, 0.6) is 0 Å². The molecule has 0 bridgehead atoms. The van der Waals surface area contributed by atoms with Gasteiger partial charge in [-0.05, 0) is 31.2 Å². The van der Waals surface area contributed by atoms with Gasteiger partial charge < -0.3 is 5.73 Å². The largest absolute Gasteiger partial charge is 0.324 e. The summed E-state index contributed by atoms with van der Waals surface area (Å²) in [5.74, 6) is -0.252. The second kappa shape index (κ2) is 3.82. The molecule has 0 aliphatic carbocycles. The van der Waals surface area contributed by atoms with Gasteiger partial charge >= 0.3 is 0 Å². The number of hydrogen-bond acceptors (Lipinski definition) is 2. The van der Waals surface area contributed by atoms with E-state index in [9.17, 15) is 4.39 Å². The van der Waals surface area contributed by atoms with Crippen LogP contribution in [0.25, 0.3) is 5.69 Å². The Hall–Kier alpha value is -1.68. The first-order chi connectivity index (χ1) is 7.16. The Morgan fingerprint density at radius 1 is 1.33 bits per heavy atom. The van der Waals surface area contributed by atoms with Gasteiger partial charge in [-0.2, -0.15) is 5.10 Å². The zero-order valence-corrected chi connectivity index (χ0v) is 8.39. The van der Waals surface area contributed by atoms with Crippen LogP contribution in [0.3, 0.4) is 0 Å². The Labute approximate surface area is 87.3 Å². The molecule has 2 aromatic rings. The molecule has 1 aromatic heterocycles. The van der Waals surface area contributed by atoms with Crippen molar-refractivity contribution in [2.45, 2.75) is 13.0 Å². The van der Waals surface area contributed by atoms with Gasteiger partial charge in [-0.1, -0.05) is 0 Å². The maximum Gasteiger partial charge on any atom is 0.123 e. The molecular formula is C11H12FN3. The molecule has 15 heavy (non-hydrogen) atoms. The van der Waals surface area contributed by atoms with Gasteiger partial charge in [0.1, 0.15) is 5.82 Å². The third-order valence-corrected chi connectivity index (χ3v) is 2.22. The van der Waals surface area contributed by atoms with Gasteiger partial charge in [0.05, 0.1) is 11.9 Å². The van der Waals surface area contributed by atoms with E-state index >= 15 is 0 Å². The molecule has 0 saturated heterocycles. The van der Waals surface area contributed by atoms with E-state index in [-0.39, 0.29) is 11.9 Å². The number of aromatic nitrogens is 2. The molecule has 0 aliphatic rings. The molecule has 0 aliphatic heterocycles. The number of rotatable bonds is 2. The van der Waals surface area contributed by atoms with Crippen molar-refractivity contribution < 1.29 is 4.39 Å². The fourth-order valence-corrected chi connectivity index (χ4v) is 1.31. The molecule has 1 atom stereocenters. The molecule has 1 aromatic carbocycles. The van der Waals surface area contributed by atoms with E-state index in [2.05, 4.69) is 5.10 Å². The van der Waals surface area contributed by atoms with Gasteiger partial charge in [0.15, 0.2) is 0 Å². The minimum absolute atomic E-state index is 0.0424. The van der Waals surface area contributed by atoms with Crippen LogP contribution in [-0.4, -0.2) is 9.78 Å². The van der Waals surface area contributed by atoms with Gasteiger partial charge in [0.25, 0.3) is 0 Å². The van der Waals surface area contributed by atoms with E-state index in [4.69, 9.17) is 5.73 Å². The monoisotopic (exact) mass is 205 g/mol. The van der Waals surface area contributed by atoms with Crippen LogP contribution in [0.1, 0.15) is 18.5 Å². The fraction of sp³-hybridized carbons (Fsp3) is 0.182. The van der Waals surface area contributed by atoms with Gasteiger partial charge in [-0.15, -0.1) is 0 Å². The molecule has 2 rings (SSSR count). The molecule has 0 radical (unpaired) electrons. The lowest BCUT2D eigenvalue weighted by atomic mass is 10.2. The van der Waals surface area contributed by atoms with Gasteiger partial charge in [0.2, 0.25) is 0 Å². The topological polar surface area (TPSA) is 43.8 Å². The summed E-state index contributed by atoms with van der Waals surface area (Å²) < 4.78 is 14.4. The number of nitrogens with zero attached hydrogens (tertiary/aromatic N) is 2. The first kappa shape index (κ1) is 9.86. The van der Waals surface area contributed by atoms with E-state index in [0.29, 0.717) is 0 Å². The van der Waals surface area contributed by atoms with Crippen LogP contribution in [0.4, 0.5) is 4.39 Å². The third kappa shape index (κ3) is 2.05. The summed E-state index contributed by atoms with van der Waals surface area (Å²) in [6.07, 6.45) is 3.56. The summed E-state index contributed by atoms with van der Waals surface area (Å²) >= 11 is 0. The summed E-state index contributed by atoms with van der Waals surface area (Å²) in [5, 5.41) is 4.15. The summed E-state index contributed by atoms with van der Waals surface area (Å²) in [7, 11) is 0. The second-order valence-corrected chi connectivity index (χ2v) is 3.48. The summed E-state index contributed by atoms with van der Waals surface area (Å²) in [6, 6.07) is 6.12. The lowest BCUT2D eigenvalue weighted by molar-refractivity contribution is 0.627. The first-order valence-corrected chi connectivity index (χ1v) is 4.73. The fourth-order valence-electron chi connectivity index (χ4n) is 1.31. The van der Waals surface area contributed by atoms with Crippen molar-refractivity contribution >= 4 is 0 Å². The smallest absolute Gasteiger partial charge is 0.123 e. The quantitative estimate of drug-likeness (QED) is 0.815. The van der Waals surface area contributed by atoms with Crippen LogP contribution in [0, 0.1) is 5.82 Å². The Morgan fingerprint density at radius 2 is 2.00 bits per heavy atom. The Kier molecular flexibility index (Phi) is 2.51. The lowest BCUT2D eigenvalue weighted by Crippen LogP contribution is -2.03. The highest BCUT2D eigenvalue weighted by Gasteiger charge is 2.04. The third-order valence-electron chi connectivity index (χ3n) is 2.22. The van der Waals surface area contributed by atoms with Crippen LogP contribution >= 0.6 is 0 Å². The van der Waals surface area contributed by atoms with Crippen LogP contribution < -0.4 is 5.73 Å². The van der Waals surface area contributed by atoms with E-state index in [1.807, 2.05) is 13.1 Å². The molecule has 0 amide bonds. The zero-order valence-electron chi connectivity index (χ0n) is 8.39. The first-order valence-electron chi connectivity index (χ1n) is 4.73. The van der Waals surface area contributed by atoms with E-state index in [1.165, 1.54) is 12.1 Å². The molecule has 4 heteroatoms. The van der Waals surface area contributed by atoms with Crippen molar-refractivity contribution in [3.8, 4) is 5.69 Å². The minimum atomic E-state index is -0.252. The highest BCUT2D eigenvalue weighted by molar-refractivity contribution is 5.31. The van der Waals surface area contributed by atoms with E-state index in [0.717, 1.165) is 11.3 Å². The van der Waals surface area contributed by atoms with Crippen LogP contribution in [-0.2, 0) is 0 Å². The predicted octanol–water partition coefficient (Wildman–Crippen LogP) is 2.03. The predicted molar refractivity (Wildman–Crippen MR) is 56.1 cm³/mol. The van der Waals surface area contributed by atoms with Crippen molar-refractivity contribution in [3.05, 3.63) is 48.0 Å². The average molecular weight is 205 g/mol. The minimum Gasteiger partial charge on any atom is -0.324 e. The van der Waals surface area contributed by atoms with E-state index < -0.39 is 0 Å². The van der Waals surface area contributed by atoms with Gasteiger partial charge in [-0.3, -0.25) is 0 Å². The molecule has 2 N–H and O–H groups in total. The Bertz CT molecular complexity index is 445. The number of nitrogens with two attached hydrogens (primary N) is 1. The molecule has 0 saturated carbocycles. The molecule has 78 valence electrons. The summed E-state index contributed by atoms with van der Waals surface area (Å²) in [4.78, 5) is 0. The van der Waals surface area contributed by atoms with Gasteiger partial charge in [-0.25, -0.2) is 9.07 Å². The maximum absolute atomic E-state index is 12.7. The van der Waals surface area contributed by atoms with Crippen molar-refractivity contribution in [3.63, 3.8) is 0 Å². The molecule has 0 spiro atoms. The maximum atomic E-state index is 12.7. The standard InChI is InChI=1S/C11H12FN3/c1-8(13)9-6-14-15(7-9)11-4-2-10(12)3-5-11/h2-8H,13H2,1H3/t8-/m0/s1. The summed E-state index contributed by atoms with van der Waals surface area (Å²) in [5.41, 5.74) is 7.50. The molecule has 3 nitrogen and oxygen atoms in total. The van der Waals surface area contributed by atoms with Crippen LogP contribution in [0.15, 0.2) is 36.7 Å². The normalized spacial score (nSPS) is 12.7.